The van der Waals surface area contributed by atoms with Gasteiger partial charge in [0.2, 0.25) is 0 Å². The molecule has 1 N–H and O–H groups in total. The fourth-order valence-electron chi connectivity index (χ4n) is 1.25. The van der Waals surface area contributed by atoms with Crippen molar-refractivity contribution >= 4 is 15.9 Å². The highest BCUT2D eigenvalue weighted by atomic mass is 79.9. The molecule has 0 aliphatic heterocycles. The summed E-state index contributed by atoms with van der Waals surface area (Å²) in [6.45, 7) is -1.04. The Morgan fingerprint density at radius 1 is 1.21 bits per heavy atom. The van der Waals surface area contributed by atoms with Crippen molar-refractivity contribution in [3.8, 4) is 5.75 Å². The summed E-state index contributed by atoms with van der Waals surface area (Å²) in [6.07, 6.45) is -10.5. The minimum Gasteiger partial charge on any atom is -0.403 e. The van der Waals surface area contributed by atoms with E-state index in [4.69, 9.17) is 5.11 Å². The second-order valence-electron chi connectivity index (χ2n) is 3.29. The van der Waals surface area contributed by atoms with Gasteiger partial charge in [-0.2, -0.15) is 13.2 Å². The van der Waals surface area contributed by atoms with Gasteiger partial charge in [-0.15, -0.1) is 13.2 Å². The highest BCUT2D eigenvalue weighted by molar-refractivity contribution is 9.08. The molecule has 0 aliphatic carbocycles. The second-order valence-corrected chi connectivity index (χ2v) is 3.85. The molecule has 19 heavy (non-hydrogen) atoms. The Hall–Kier alpha value is -1.03. The van der Waals surface area contributed by atoms with Crippen molar-refractivity contribution in [1.29, 1.82) is 0 Å². The first-order valence-electron chi connectivity index (χ1n) is 4.61. The van der Waals surface area contributed by atoms with Crippen LogP contribution >= 0.6 is 15.9 Å². The Morgan fingerprint density at radius 3 is 2.16 bits per heavy atom. The van der Waals surface area contributed by atoms with Crippen molar-refractivity contribution in [2.24, 2.45) is 0 Å². The van der Waals surface area contributed by atoms with Gasteiger partial charge in [0, 0.05) is 10.9 Å². The lowest BCUT2D eigenvalue weighted by atomic mass is 10.1. The number of hydrogen-bond donors (Lipinski definition) is 1. The topological polar surface area (TPSA) is 42.4 Å². The number of ether oxygens (including phenoxy) is 1. The van der Waals surface area contributed by atoms with Gasteiger partial charge in [-0.1, -0.05) is 15.9 Å². The fourth-order valence-corrected chi connectivity index (χ4v) is 1.54. The number of aliphatic hydroxyl groups is 1. The molecule has 1 rings (SSSR count). The summed E-state index contributed by atoms with van der Waals surface area (Å²) in [7, 11) is 0. The summed E-state index contributed by atoms with van der Waals surface area (Å²) >= 11 is 2.83. The van der Waals surface area contributed by atoms with E-state index in [1.165, 1.54) is 0 Å². The van der Waals surface area contributed by atoms with Crippen molar-refractivity contribution in [2.45, 2.75) is 24.5 Å². The van der Waals surface area contributed by atoms with Crippen LogP contribution in [-0.4, -0.2) is 16.5 Å². The molecule has 0 radical (unpaired) electrons. The van der Waals surface area contributed by atoms with Crippen molar-refractivity contribution in [3.63, 3.8) is 0 Å². The highest BCUT2D eigenvalue weighted by Gasteiger charge is 2.42. The molecule has 108 valence electrons. The van der Waals surface area contributed by atoms with E-state index in [1.54, 1.807) is 0 Å². The lowest BCUT2D eigenvalue weighted by molar-refractivity contribution is -0.277. The molecule has 0 aromatic carbocycles. The molecule has 1 aromatic heterocycles. The molecule has 10 heteroatoms. The van der Waals surface area contributed by atoms with Crippen LogP contribution in [0.2, 0.25) is 0 Å². The first kappa shape index (κ1) is 16.0. The summed E-state index contributed by atoms with van der Waals surface area (Å²) < 4.78 is 77.6. The lowest BCUT2D eigenvalue weighted by Gasteiger charge is -2.18. The summed E-state index contributed by atoms with van der Waals surface area (Å²) in [6, 6.07) is 0.894. The quantitative estimate of drug-likeness (QED) is 0.669. The van der Waals surface area contributed by atoms with Gasteiger partial charge in [-0.05, 0) is 6.07 Å². The largest absolute Gasteiger partial charge is 0.573 e. The molecule has 1 heterocycles. The molecule has 3 nitrogen and oxygen atoms in total. The van der Waals surface area contributed by atoms with Crippen molar-refractivity contribution < 1.29 is 36.2 Å². The van der Waals surface area contributed by atoms with Gasteiger partial charge in [-0.3, -0.25) is 0 Å². The van der Waals surface area contributed by atoms with E-state index >= 15 is 0 Å². The SMILES string of the molecule is OCc1cc(CBr)nc(C(F)(F)F)c1OC(F)(F)F. The molecule has 0 fully saturated rings. The zero-order chi connectivity index (χ0) is 14.8. The number of alkyl halides is 7. The monoisotopic (exact) mass is 353 g/mol. The smallest absolute Gasteiger partial charge is 0.403 e. The zero-order valence-corrected chi connectivity index (χ0v) is 10.5. The summed E-state index contributed by atoms with van der Waals surface area (Å²) in [5.74, 6) is -1.54. The summed E-state index contributed by atoms with van der Waals surface area (Å²) in [4.78, 5) is 3.05. The maximum Gasteiger partial charge on any atom is 0.573 e. The molecule has 0 unspecified atom stereocenters. The minimum atomic E-state index is -5.32. The molecule has 0 spiro atoms. The van der Waals surface area contributed by atoms with Gasteiger partial charge in [0.05, 0.1) is 12.3 Å². The molecule has 0 bridgehead atoms. The third-order valence-corrected chi connectivity index (χ3v) is 2.47. The van der Waals surface area contributed by atoms with E-state index in [0.29, 0.717) is 0 Å². The van der Waals surface area contributed by atoms with Crippen LogP contribution in [0.5, 0.6) is 5.75 Å². The third-order valence-electron chi connectivity index (χ3n) is 1.90. The van der Waals surface area contributed by atoms with Crippen molar-refractivity contribution in [3.05, 3.63) is 23.0 Å². The van der Waals surface area contributed by atoms with Crippen LogP contribution in [-0.2, 0) is 18.1 Å². The van der Waals surface area contributed by atoms with Crippen LogP contribution in [0.25, 0.3) is 0 Å². The number of hydrogen-bond acceptors (Lipinski definition) is 3. The van der Waals surface area contributed by atoms with Gasteiger partial charge in [0.1, 0.15) is 0 Å². The van der Waals surface area contributed by atoms with Gasteiger partial charge < -0.3 is 9.84 Å². The predicted molar refractivity (Wildman–Crippen MR) is 54.5 cm³/mol. The third kappa shape index (κ3) is 4.23. The predicted octanol–water partition coefficient (Wildman–Crippen LogP) is 3.39. The van der Waals surface area contributed by atoms with Crippen LogP contribution in [0.15, 0.2) is 6.07 Å². The Bertz CT molecular complexity index is 459. The van der Waals surface area contributed by atoms with Crippen molar-refractivity contribution in [1.82, 2.24) is 4.98 Å². The Balaban J connectivity index is 3.47. The van der Waals surface area contributed by atoms with Crippen LogP contribution in [0, 0.1) is 0 Å². The van der Waals surface area contributed by atoms with Crippen LogP contribution in [0.1, 0.15) is 17.0 Å². The zero-order valence-electron chi connectivity index (χ0n) is 8.94. The number of aromatic nitrogens is 1. The molecule has 0 saturated heterocycles. The van der Waals surface area contributed by atoms with Crippen LogP contribution in [0.4, 0.5) is 26.3 Å². The lowest BCUT2D eigenvalue weighted by Crippen LogP contribution is -2.22. The van der Waals surface area contributed by atoms with Gasteiger partial charge in [0.15, 0.2) is 11.4 Å². The number of halogens is 7. The molecule has 0 amide bonds. The number of aliphatic hydroxyl groups excluding tert-OH is 1. The first-order valence-corrected chi connectivity index (χ1v) is 5.73. The van der Waals surface area contributed by atoms with E-state index in [2.05, 4.69) is 25.7 Å². The van der Waals surface area contributed by atoms with E-state index in [0.717, 1.165) is 6.07 Å². The number of rotatable bonds is 3. The number of pyridine rings is 1. The maximum atomic E-state index is 12.6. The Labute approximate surface area is 111 Å². The Kier molecular flexibility index (Phi) is 4.67. The van der Waals surface area contributed by atoms with Gasteiger partial charge in [-0.25, -0.2) is 4.98 Å². The standard InChI is InChI=1S/C9H6BrF6NO2/c10-2-5-1-4(3-18)6(19-9(14,15)16)7(17-5)8(11,12)13/h1,18H,2-3H2. The molecule has 0 saturated carbocycles. The molecule has 0 atom stereocenters. The number of nitrogens with zero attached hydrogens (tertiary/aromatic N) is 1. The Morgan fingerprint density at radius 2 is 1.79 bits per heavy atom. The van der Waals surface area contributed by atoms with E-state index < -0.39 is 36.2 Å². The summed E-state index contributed by atoms with van der Waals surface area (Å²) in [5.41, 5.74) is -2.65. The molecular formula is C9H6BrF6NO2. The van der Waals surface area contributed by atoms with E-state index in [-0.39, 0.29) is 11.0 Å². The van der Waals surface area contributed by atoms with Gasteiger partial charge >= 0.3 is 12.5 Å². The van der Waals surface area contributed by atoms with Gasteiger partial charge in [0.25, 0.3) is 0 Å². The molecule has 0 aliphatic rings. The average Bonchev–Trinajstić information content (AvgIpc) is 2.25. The van der Waals surface area contributed by atoms with E-state index in [1.807, 2.05) is 0 Å². The average molecular weight is 354 g/mol. The minimum absolute atomic E-state index is 0.116. The fraction of sp³-hybridized carbons (Fsp3) is 0.444. The van der Waals surface area contributed by atoms with Crippen LogP contribution < -0.4 is 4.74 Å². The second kappa shape index (κ2) is 5.53. The first-order chi connectivity index (χ1) is 8.58. The van der Waals surface area contributed by atoms with Crippen LogP contribution in [0.3, 0.4) is 0 Å². The highest BCUT2D eigenvalue weighted by Crippen LogP contribution is 2.39. The molecular weight excluding hydrogens is 348 g/mol. The van der Waals surface area contributed by atoms with Crippen molar-refractivity contribution in [2.75, 3.05) is 0 Å². The maximum absolute atomic E-state index is 12.6. The normalized spacial score (nSPS) is 12.6. The summed E-state index contributed by atoms with van der Waals surface area (Å²) in [5, 5.41) is 8.75. The van der Waals surface area contributed by atoms with E-state index in [9.17, 15) is 26.3 Å². The molecule has 1 aromatic rings.